The first-order valence-corrected chi connectivity index (χ1v) is 9.14. The van der Waals surface area contributed by atoms with Crippen LogP contribution in [0.2, 0.25) is 0 Å². The van der Waals surface area contributed by atoms with Crippen LogP contribution in [-0.2, 0) is 6.54 Å². The third-order valence-electron chi connectivity index (χ3n) is 4.48. The quantitative estimate of drug-likeness (QED) is 0.679. The van der Waals surface area contributed by atoms with Crippen molar-refractivity contribution in [2.75, 3.05) is 13.6 Å². The zero-order valence-electron chi connectivity index (χ0n) is 16.8. The predicted molar refractivity (Wildman–Crippen MR) is 111 cm³/mol. The van der Waals surface area contributed by atoms with Gasteiger partial charge in [-0.1, -0.05) is 26.0 Å². The van der Waals surface area contributed by atoms with E-state index in [1.807, 2.05) is 13.8 Å². The van der Waals surface area contributed by atoms with Gasteiger partial charge in [0.1, 0.15) is 5.82 Å². The van der Waals surface area contributed by atoms with Crippen LogP contribution in [0, 0.1) is 11.7 Å². The summed E-state index contributed by atoms with van der Waals surface area (Å²) in [5.41, 5.74) is 6.70. The molecule has 0 aliphatic carbocycles. The number of nitrogens with two attached hydrogens (primary N) is 1. The summed E-state index contributed by atoms with van der Waals surface area (Å²) < 4.78 is 13.0. The van der Waals surface area contributed by atoms with Gasteiger partial charge in [-0.3, -0.25) is 9.59 Å². The van der Waals surface area contributed by atoms with Gasteiger partial charge < -0.3 is 16.0 Å². The van der Waals surface area contributed by atoms with Gasteiger partial charge in [0.05, 0.1) is 0 Å². The molecule has 0 aliphatic rings. The van der Waals surface area contributed by atoms with Crippen molar-refractivity contribution in [2.24, 2.45) is 11.7 Å². The lowest BCUT2D eigenvalue weighted by Crippen LogP contribution is -2.36. The second kappa shape index (κ2) is 11.4. The Bertz CT molecular complexity index is 817. The van der Waals surface area contributed by atoms with Gasteiger partial charge in [0.25, 0.3) is 11.8 Å². The number of carbonyl (C=O) groups excluding carboxylic acids is 2. The molecule has 0 aliphatic heterocycles. The molecule has 2 amide bonds. The molecule has 0 bridgehead atoms. The summed E-state index contributed by atoms with van der Waals surface area (Å²) >= 11 is 0. The molecule has 0 fully saturated rings. The van der Waals surface area contributed by atoms with E-state index < -0.39 is 11.8 Å². The van der Waals surface area contributed by atoms with Crippen LogP contribution >= 0.6 is 12.4 Å². The van der Waals surface area contributed by atoms with E-state index in [1.54, 1.807) is 19.2 Å². The maximum absolute atomic E-state index is 13.0. The van der Waals surface area contributed by atoms with E-state index in [0.717, 1.165) is 5.56 Å². The third-order valence-corrected chi connectivity index (χ3v) is 4.48. The van der Waals surface area contributed by atoms with Crippen LogP contribution in [0.4, 0.5) is 4.39 Å². The molecule has 7 nitrogen and oxygen atoms in total. The van der Waals surface area contributed by atoms with Crippen molar-refractivity contribution < 1.29 is 14.0 Å². The summed E-state index contributed by atoms with van der Waals surface area (Å²) in [4.78, 5) is 34.8. The molecule has 29 heavy (non-hydrogen) atoms. The van der Waals surface area contributed by atoms with Crippen molar-refractivity contribution in [3.63, 3.8) is 0 Å². The largest absolute Gasteiger partial charge is 0.347 e. The minimum Gasteiger partial charge on any atom is -0.347 e. The van der Waals surface area contributed by atoms with Crippen molar-refractivity contribution in [3.8, 4) is 0 Å². The number of rotatable bonds is 8. The molecule has 0 saturated carbocycles. The van der Waals surface area contributed by atoms with Crippen molar-refractivity contribution in [1.29, 1.82) is 0 Å². The number of nitrogens with zero attached hydrogens (tertiary/aromatic N) is 3. The lowest BCUT2D eigenvalue weighted by Gasteiger charge is -2.21. The summed E-state index contributed by atoms with van der Waals surface area (Å²) in [6.07, 6.45) is 3.38. The van der Waals surface area contributed by atoms with Crippen LogP contribution in [0.15, 0.2) is 36.7 Å². The Morgan fingerprint density at radius 2 is 1.72 bits per heavy atom. The molecule has 9 heteroatoms. The SMILES string of the molecule is CC(C)C(N)CCN(C)C(=O)c1nccnc1C(=O)NCc1ccc(F)cc1.Cl. The first-order valence-electron chi connectivity index (χ1n) is 9.14. The standard InChI is InChI=1S/C20H26FN5O2.ClH/c1-13(2)16(22)8-11-26(3)20(28)18-17(23-9-10-24-18)19(27)25-12-14-4-6-15(21)7-5-14;/h4-7,9-10,13,16H,8,11-12,22H2,1-3H3,(H,25,27);1H. The van der Waals surface area contributed by atoms with Gasteiger partial charge in [-0.25, -0.2) is 14.4 Å². The van der Waals surface area contributed by atoms with Crippen LogP contribution < -0.4 is 11.1 Å². The number of carbonyl (C=O) groups is 2. The minimum absolute atomic E-state index is 0. The molecule has 1 aromatic heterocycles. The molecule has 1 aromatic carbocycles. The van der Waals surface area contributed by atoms with Gasteiger partial charge in [0.2, 0.25) is 0 Å². The first kappa shape index (κ1) is 24.5. The molecule has 2 aromatic rings. The molecule has 1 heterocycles. The van der Waals surface area contributed by atoms with Crippen molar-refractivity contribution in [3.05, 3.63) is 59.4 Å². The van der Waals surface area contributed by atoms with Crippen LogP contribution in [0.5, 0.6) is 0 Å². The average molecular weight is 424 g/mol. The Morgan fingerprint density at radius 1 is 1.14 bits per heavy atom. The zero-order chi connectivity index (χ0) is 20.7. The molecule has 0 saturated heterocycles. The van der Waals surface area contributed by atoms with Crippen LogP contribution in [0.3, 0.4) is 0 Å². The Kier molecular flexibility index (Phi) is 9.64. The summed E-state index contributed by atoms with van der Waals surface area (Å²) in [7, 11) is 1.64. The Balaban J connectivity index is 0.00000420. The van der Waals surface area contributed by atoms with E-state index in [2.05, 4.69) is 15.3 Å². The topological polar surface area (TPSA) is 101 Å². The molecule has 0 spiro atoms. The van der Waals surface area contributed by atoms with Crippen molar-refractivity contribution >= 4 is 24.2 Å². The molecule has 1 unspecified atom stereocenters. The number of hydrogen-bond donors (Lipinski definition) is 2. The minimum atomic E-state index is -0.520. The number of aromatic nitrogens is 2. The van der Waals surface area contributed by atoms with Crippen LogP contribution in [-0.4, -0.2) is 46.3 Å². The highest BCUT2D eigenvalue weighted by atomic mass is 35.5. The third kappa shape index (κ3) is 7.07. The smallest absolute Gasteiger partial charge is 0.274 e. The fourth-order valence-electron chi connectivity index (χ4n) is 2.49. The number of benzene rings is 1. The second-order valence-electron chi connectivity index (χ2n) is 6.99. The molecule has 3 N–H and O–H groups in total. The number of nitrogens with one attached hydrogen (secondary N) is 1. The summed E-state index contributed by atoms with van der Waals surface area (Å²) in [5.74, 6) is -0.950. The van der Waals surface area contributed by atoms with Gasteiger partial charge in [0.15, 0.2) is 11.4 Å². The van der Waals surface area contributed by atoms with Gasteiger partial charge in [-0.15, -0.1) is 12.4 Å². The van der Waals surface area contributed by atoms with Gasteiger partial charge in [0, 0.05) is 38.6 Å². The highest BCUT2D eigenvalue weighted by Gasteiger charge is 2.23. The van der Waals surface area contributed by atoms with E-state index in [4.69, 9.17) is 5.73 Å². The molecule has 2 rings (SSSR count). The highest BCUT2D eigenvalue weighted by molar-refractivity contribution is 6.04. The van der Waals surface area contributed by atoms with Crippen LogP contribution in [0.1, 0.15) is 46.8 Å². The number of halogens is 2. The van der Waals surface area contributed by atoms with E-state index in [0.29, 0.717) is 18.9 Å². The molecular weight excluding hydrogens is 397 g/mol. The number of amides is 2. The van der Waals surface area contributed by atoms with Gasteiger partial charge >= 0.3 is 0 Å². The monoisotopic (exact) mass is 423 g/mol. The first-order chi connectivity index (χ1) is 13.3. The van der Waals surface area contributed by atoms with Gasteiger partial charge in [-0.05, 0) is 30.0 Å². The van der Waals surface area contributed by atoms with Crippen LogP contribution in [0.25, 0.3) is 0 Å². The Hall–Kier alpha value is -2.58. The molecular formula is C20H27ClFN5O2. The molecule has 0 radical (unpaired) electrons. The Labute approximate surface area is 176 Å². The summed E-state index contributed by atoms with van der Waals surface area (Å²) in [6, 6.07) is 5.76. The highest BCUT2D eigenvalue weighted by Crippen LogP contribution is 2.09. The molecule has 158 valence electrons. The normalized spacial score (nSPS) is 11.5. The lowest BCUT2D eigenvalue weighted by molar-refractivity contribution is 0.0774. The Morgan fingerprint density at radius 3 is 2.31 bits per heavy atom. The summed E-state index contributed by atoms with van der Waals surface area (Å²) in [5, 5.41) is 2.68. The summed E-state index contributed by atoms with van der Waals surface area (Å²) in [6.45, 7) is 4.69. The van der Waals surface area contributed by atoms with E-state index >= 15 is 0 Å². The average Bonchev–Trinajstić information content (AvgIpc) is 2.70. The fraction of sp³-hybridized carbons (Fsp3) is 0.400. The van der Waals surface area contributed by atoms with E-state index in [-0.39, 0.29) is 42.2 Å². The van der Waals surface area contributed by atoms with Gasteiger partial charge in [-0.2, -0.15) is 0 Å². The van der Waals surface area contributed by atoms with Crippen molar-refractivity contribution in [2.45, 2.75) is 32.9 Å². The zero-order valence-corrected chi connectivity index (χ0v) is 17.6. The lowest BCUT2D eigenvalue weighted by atomic mass is 10.0. The fourth-order valence-corrected chi connectivity index (χ4v) is 2.49. The molecule has 1 atom stereocenters. The second-order valence-corrected chi connectivity index (χ2v) is 6.99. The predicted octanol–water partition coefficient (Wildman–Crippen LogP) is 2.41. The van der Waals surface area contributed by atoms with E-state index in [1.165, 1.54) is 29.4 Å². The van der Waals surface area contributed by atoms with E-state index in [9.17, 15) is 14.0 Å². The maximum atomic E-state index is 13.0. The van der Waals surface area contributed by atoms with Crippen molar-refractivity contribution in [1.82, 2.24) is 20.2 Å². The number of hydrogen-bond acceptors (Lipinski definition) is 5. The maximum Gasteiger partial charge on any atom is 0.274 e.